The van der Waals surface area contributed by atoms with Crippen molar-refractivity contribution in [2.24, 2.45) is 0 Å². The average molecular weight is 351 g/mol. The molecule has 6 heteroatoms. The number of halogens is 3. The van der Waals surface area contributed by atoms with Crippen molar-refractivity contribution in [1.29, 1.82) is 0 Å². The lowest BCUT2D eigenvalue weighted by atomic mass is 10.0. The minimum absolute atomic E-state index is 0.0904. The molecule has 0 aliphatic carbocycles. The second kappa shape index (κ2) is 7.57. The zero-order valence-corrected chi connectivity index (χ0v) is 12.8. The molecule has 0 saturated carbocycles. The van der Waals surface area contributed by atoms with Gasteiger partial charge in [-0.2, -0.15) is 0 Å². The van der Waals surface area contributed by atoms with Gasteiger partial charge in [0.25, 0.3) is 5.92 Å². The highest BCUT2D eigenvalue weighted by Gasteiger charge is 2.34. The summed E-state index contributed by atoms with van der Waals surface area (Å²) in [6.07, 6.45) is -0.0933. The van der Waals surface area contributed by atoms with E-state index < -0.39 is 18.3 Å². The molecular formula is C14H17BrF2O3. The zero-order chi connectivity index (χ0) is 15.2. The smallest absolute Gasteiger partial charge is 0.303 e. The van der Waals surface area contributed by atoms with Gasteiger partial charge in [0.15, 0.2) is 0 Å². The van der Waals surface area contributed by atoms with Crippen LogP contribution in [0.5, 0.6) is 5.75 Å². The number of alkyl halides is 2. The summed E-state index contributed by atoms with van der Waals surface area (Å²) in [4.78, 5) is 10.4. The molecule has 0 spiro atoms. The Balaban J connectivity index is 2.79. The van der Waals surface area contributed by atoms with Crippen LogP contribution < -0.4 is 4.74 Å². The second-order valence-corrected chi connectivity index (χ2v) is 5.29. The van der Waals surface area contributed by atoms with Gasteiger partial charge < -0.3 is 9.84 Å². The maximum absolute atomic E-state index is 14.2. The van der Waals surface area contributed by atoms with Crippen LogP contribution in [0, 0.1) is 0 Å². The highest BCUT2D eigenvalue weighted by Crippen LogP contribution is 2.40. The molecule has 0 unspecified atom stereocenters. The number of carboxylic acids is 1. The minimum atomic E-state index is -3.03. The Hall–Kier alpha value is -1.17. The molecule has 0 bridgehead atoms. The molecule has 0 aliphatic rings. The molecule has 0 atom stereocenters. The van der Waals surface area contributed by atoms with E-state index in [0.29, 0.717) is 11.1 Å². The molecule has 0 saturated heterocycles. The summed E-state index contributed by atoms with van der Waals surface area (Å²) in [5.74, 6) is -3.84. The second-order valence-electron chi connectivity index (χ2n) is 4.38. The van der Waals surface area contributed by atoms with E-state index in [9.17, 15) is 13.6 Å². The van der Waals surface area contributed by atoms with Crippen molar-refractivity contribution in [3.63, 3.8) is 0 Å². The Bertz CT molecular complexity index is 464. The van der Waals surface area contributed by atoms with Gasteiger partial charge in [0.1, 0.15) is 5.75 Å². The number of hydrogen-bond donors (Lipinski definition) is 1. The van der Waals surface area contributed by atoms with Crippen LogP contribution in [0.3, 0.4) is 0 Å². The maximum Gasteiger partial charge on any atom is 0.303 e. The summed E-state index contributed by atoms with van der Waals surface area (Å²) < 4.78 is 34.2. The summed E-state index contributed by atoms with van der Waals surface area (Å²) in [6.45, 7) is 2.04. The lowest BCUT2D eigenvalue weighted by Crippen LogP contribution is -2.15. The van der Waals surface area contributed by atoms with Crippen LogP contribution in [0.15, 0.2) is 22.7 Å². The van der Waals surface area contributed by atoms with E-state index in [-0.39, 0.29) is 30.6 Å². The first-order chi connectivity index (χ1) is 9.36. The van der Waals surface area contributed by atoms with Crippen molar-refractivity contribution in [3.05, 3.63) is 28.2 Å². The Labute approximate surface area is 125 Å². The van der Waals surface area contributed by atoms with Gasteiger partial charge in [-0.25, -0.2) is 8.78 Å². The van der Waals surface area contributed by atoms with Crippen LogP contribution in [-0.4, -0.2) is 17.7 Å². The first-order valence-electron chi connectivity index (χ1n) is 6.39. The predicted molar refractivity (Wildman–Crippen MR) is 75.3 cm³/mol. The predicted octanol–water partition coefficient (Wildman–Crippen LogP) is 4.58. The number of carbonyl (C=O) groups is 1. The number of unbranched alkanes of at least 4 members (excludes halogenated alkanes) is 1. The fourth-order valence-corrected chi connectivity index (χ4v) is 2.19. The molecule has 1 aromatic rings. The third-order valence-electron chi connectivity index (χ3n) is 2.77. The van der Waals surface area contributed by atoms with E-state index in [0.717, 1.165) is 0 Å². The van der Waals surface area contributed by atoms with Gasteiger partial charge in [0, 0.05) is 17.3 Å². The maximum atomic E-state index is 14.2. The zero-order valence-electron chi connectivity index (χ0n) is 11.2. The molecule has 112 valence electrons. The standard InChI is InChI=1S/C14H17BrF2O3/c1-2-20-12-7-6-10(15)9-11(12)14(16,17)8-4-3-5-13(18)19/h6-7,9H,2-5,8H2,1H3,(H,18,19). The van der Waals surface area contributed by atoms with E-state index in [1.807, 2.05) is 0 Å². The quantitative estimate of drug-likeness (QED) is 0.697. The molecule has 1 N–H and O–H groups in total. The molecule has 0 fully saturated rings. The van der Waals surface area contributed by atoms with E-state index in [1.165, 1.54) is 12.1 Å². The molecule has 3 nitrogen and oxygen atoms in total. The van der Waals surface area contributed by atoms with Crippen molar-refractivity contribution in [2.75, 3.05) is 6.61 Å². The topological polar surface area (TPSA) is 46.5 Å². The van der Waals surface area contributed by atoms with Crippen molar-refractivity contribution in [3.8, 4) is 5.75 Å². The Morgan fingerprint density at radius 1 is 1.40 bits per heavy atom. The first kappa shape index (κ1) is 16.9. The molecule has 0 radical (unpaired) electrons. The number of ether oxygens (including phenoxy) is 1. The molecule has 20 heavy (non-hydrogen) atoms. The van der Waals surface area contributed by atoms with Gasteiger partial charge in [-0.05, 0) is 38.0 Å². The molecule has 1 aromatic carbocycles. The Kier molecular flexibility index (Phi) is 6.39. The van der Waals surface area contributed by atoms with E-state index in [1.54, 1.807) is 13.0 Å². The number of rotatable bonds is 8. The largest absolute Gasteiger partial charge is 0.493 e. The lowest BCUT2D eigenvalue weighted by Gasteiger charge is -2.20. The van der Waals surface area contributed by atoms with Gasteiger partial charge in [-0.3, -0.25) is 4.79 Å². The lowest BCUT2D eigenvalue weighted by molar-refractivity contribution is -0.137. The molecule has 1 rings (SSSR count). The fourth-order valence-electron chi connectivity index (χ4n) is 1.83. The van der Waals surface area contributed by atoms with Crippen LogP contribution in [-0.2, 0) is 10.7 Å². The van der Waals surface area contributed by atoms with Gasteiger partial charge in [0.05, 0.1) is 12.2 Å². The fraction of sp³-hybridized carbons (Fsp3) is 0.500. The summed E-state index contributed by atoms with van der Waals surface area (Å²) >= 11 is 3.17. The van der Waals surface area contributed by atoms with Crippen LogP contribution in [0.25, 0.3) is 0 Å². The Morgan fingerprint density at radius 3 is 2.70 bits per heavy atom. The molecule has 0 aliphatic heterocycles. The van der Waals surface area contributed by atoms with E-state index in [2.05, 4.69) is 15.9 Å². The van der Waals surface area contributed by atoms with Crippen molar-refractivity contribution >= 4 is 21.9 Å². The monoisotopic (exact) mass is 350 g/mol. The third-order valence-corrected chi connectivity index (χ3v) is 3.26. The van der Waals surface area contributed by atoms with Crippen LogP contribution in [0.2, 0.25) is 0 Å². The van der Waals surface area contributed by atoms with Crippen molar-refractivity contribution in [2.45, 2.75) is 38.5 Å². The number of hydrogen-bond acceptors (Lipinski definition) is 2. The number of aliphatic carboxylic acids is 1. The van der Waals surface area contributed by atoms with Crippen molar-refractivity contribution < 1.29 is 23.4 Å². The molecule has 0 heterocycles. The molecule has 0 amide bonds. The molecule has 0 aromatic heterocycles. The minimum Gasteiger partial charge on any atom is -0.493 e. The van der Waals surface area contributed by atoms with Crippen molar-refractivity contribution in [1.82, 2.24) is 0 Å². The summed E-state index contributed by atoms with van der Waals surface area (Å²) in [5.41, 5.74) is -0.163. The van der Waals surface area contributed by atoms with E-state index in [4.69, 9.17) is 9.84 Å². The first-order valence-corrected chi connectivity index (χ1v) is 7.18. The molecular weight excluding hydrogens is 334 g/mol. The van der Waals surface area contributed by atoms with Gasteiger partial charge in [-0.1, -0.05) is 15.9 Å². The SMILES string of the molecule is CCOc1ccc(Br)cc1C(F)(F)CCCCC(=O)O. The highest BCUT2D eigenvalue weighted by atomic mass is 79.9. The summed E-state index contributed by atoms with van der Waals surface area (Å²) in [7, 11) is 0. The van der Waals surface area contributed by atoms with Gasteiger partial charge >= 0.3 is 5.97 Å². The number of benzene rings is 1. The Morgan fingerprint density at radius 2 is 2.10 bits per heavy atom. The van der Waals surface area contributed by atoms with E-state index >= 15 is 0 Å². The normalized spacial score (nSPS) is 11.4. The van der Waals surface area contributed by atoms with Crippen LogP contribution in [0.1, 0.15) is 38.2 Å². The van der Waals surface area contributed by atoms with Gasteiger partial charge in [-0.15, -0.1) is 0 Å². The van der Waals surface area contributed by atoms with Crippen LogP contribution >= 0.6 is 15.9 Å². The third kappa shape index (κ3) is 5.07. The number of carboxylic acid groups (broad SMARTS) is 1. The average Bonchev–Trinajstić information content (AvgIpc) is 2.37. The van der Waals surface area contributed by atoms with Crippen LogP contribution in [0.4, 0.5) is 8.78 Å². The van der Waals surface area contributed by atoms with Gasteiger partial charge in [0.2, 0.25) is 0 Å². The summed E-state index contributed by atoms with van der Waals surface area (Å²) in [5, 5.41) is 8.50. The summed E-state index contributed by atoms with van der Waals surface area (Å²) in [6, 6.07) is 4.51. The highest BCUT2D eigenvalue weighted by molar-refractivity contribution is 9.10.